The second-order valence-corrected chi connectivity index (χ2v) is 3.94. The van der Waals surface area contributed by atoms with E-state index in [0.29, 0.717) is 6.42 Å². The minimum atomic E-state index is -0.645. The molecule has 1 heterocycles. The Morgan fingerprint density at radius 1 is 1.62 bits per heavy atom. The molecule has 0 fully saturated rings. The standard InChI is InChI=1S/C12H16N2O2/c1-4-12(14(15)16)11-5-6-13-8-10(11)7-9(2)3/h5-8,12H,4H2,1-3H3. The van der Waals surface area contributed by atoms with Crippen LogP contribution in [0.3, 0.4) is 0 Å². The molecule has 0 radical (unpaired) electrons. The van der Waals surface area contributed by atoms with Crippen LogP contribution in [0.1, 0.15) is 44.4 Å². The van der Waals surface area contributed by atoms with Crippen molar-refractivity contribution < 1.29 is 4.92 Å². The summed E-state index contributed by atoms with van der Waals surface area (Å²) in [6.07, 6.45) is 5.69. The summed E-state index contributed by atoms with van der Waals surface area (Å²) in [5.74, 6) is 0. The maximum absolute atomic E-state index is 10.9. The van der Waals surface area contributed by atoms with E-state index in [2.05, 4.69) is 4.98 Å². The molecule has 1 unspecified atom stereocenters. The lowest BCUT2D eigenvalue weighted by atomic mass is 10.00. The minimum absolute atomic E-state index is 0.238. The lowest BCUT2D eigenvalue weighted by Gasteiger charge is -2.10. The molecule has 4 nitrogen and oxygen atoms in total. The monoisotopic (exact) mass is 220 g/mol. The fraction of sp³-hybridized carbons (Fsp3) is 0.417. The van der Waals surface area contributed by atoms with Crippen LogP contribution in [0, 0.1) is 10.1 Å². The maximum Gasteiger partial charge on any atom is 0.238 e. The first-order valence-corrected chi connectivity index (χ1v) is 5.28. The van der Waals surface area contributed by atoms with Crippen LogP contribution in [0.2, 0.25) is 0 Å². The highest BCUT2D eigenvalue weighted by molar-refractivity contribution is 5.55. The number of rotatable bonds is 4. The highest BCUT2D eigenvalue weighted by Gasteiger charge is 2.22. The SMILES string of the molecule is CCC(c1ccncc1C=C(C)C)[N+](=O)[O-]. The topological polar surface area (TPSA) is 56.0 Å². The van der Waals surface area contributed by atoms with Crippen molar-refractivity contribution in [2.24, 2.45) is 0 Å². The van der Waals surface area contributed by atoms with Gasteiger partial charge in [0.1, 0.15) is 0 Å². The summed E-state index contributed by atoms with van der Waals surface area (Å²) in [7, 11) is 0. The Morgan fingerprint density at radius 3 is 2.81 bits per heavy atom. The number of nitrogens with zero attached hydrogens (tertiary/aromatic N) is 2. The van der Waals surface area contributed by atoms with Gasteiger partial charge in [-0.25, -0.2) is 0 Å². The Labute approximate surface area is 95.2 Å². The Balaban J connectivity index is 3.21. The first-order valence-electron chi connectivity index (χ1n) is 5.28. The van der Waals surface area contributed by atoms with Crippen LogP contribution in [0.25, 0.3) is 6.08 Å². The molecule has 4 heteroatoms. The quantitative estimate of drug-likeness (QED) is 0.578. The molecule has 1 aromatic rings. The van der Waals surface area contributed by atoms with E-state index in [1.165, 1.54) is 0 Å². The molecule has 0 saturated carbocycles. The third-order valence-electron chi connectivity index (χ3n) is 2.33. The van der Waals surface area contributed by atoms with Gasteiger partial charge in [0.25, 0.3) is 0 Å². The smallest absolute Gasteiger partial charge is 0.238 e. The summed E-state index contributed by atoms with van der Waals surface area (Å²) < 4.78 is 0. The molecule has 86 valence electrons. The third kappa shape index (κ3) is 2.89. The maximum atomic E-state index is 10.9. The van der Waals surface area contributed by atoms with Gasteiger partial charge in [-0.2, -0.15) is 0 Å². The number of hydrogen-bond acceptors (Lipinski definition) is 3. The molecule has 0 aromatic carbocycles. The zero-order valence-electron chi connectivity index (χ0n) is 9.80. The first kappa shape index (κ1) is 12.4. The Kier molecular flexibility index (Phi) is 4.17. The van der Waals surface area contributed by atoms with Gasteiger partial charge in [0.05, 0.1) is 0 Å². The van der Waals surface area contributed by atoms with Gasteiger partial charge in [-0.1, -0.05) is 18.6 Å². The molecule has 0 bridgehead atoms. The van der Waals surface area contributed by atoms with Crippen molar-refractivity contribution in [1.82, 2.24) is 4.98 Å². The number of allylic oxidation sites excluding steroid dienone is 1. The molecule has 0 spiro atoms. The summed E-state index contributed by atoms with van der Waals surface area (Å²) in [5.41, 5.74) is 2.68. The number of aromatic nitrogens is 1. The van der Waals surface area contributed by atoms with Crippen molar-refractivity contribution in [1.29, 1.82) is 0 Å². The van der Waals surface area contributed by atoms with Crippen LogP contribution in [-0.4, -0.2) is 9.91 Å². The van der Waals surface area contributed by atoms with Crippen molar-refractivity contribution in [2.75, 3.05) is 0 Å². The second-order valence-electron chi connectivity index (χ2n) is 3.94. The summed E-state index contributed by atoms with van der Waals surface area (Å²) in [4.78, 5) is 14.7. The molecular formula is C12H16N2O2. The Morgan fingerprint density at radius 2 is 2.31 bits per heavy atom. The normalized spacial score (nSPS) is 11.9. The molecule has 0 aliphatic carbocycles. The fourth-order valence-electron chi connectivity index (χ4n) is 1.64. The van der Waals surface area contributed by atoms with E-state index in [1.807, 2.05) is 26.8 Å². The van der Waals surface area contributed by atoms with Gasteiger partial charge in [-0.3, -0.25) is 15.1 Å². The van der Waals surface area contributed by atoms with E-state index in [1.54, 1.807) is 18.5 Å². The van der Waals surface area contributed by atoms with E-state index in [-0.39, 0.29) is 4.92 Å². The van der Waals surface area contributed by atoms with Gasteiger partial charge in [-0.15, -0.1) is 0 Å². The predicted molar refractivity (Wildman–Crippen MR) is 63.6 cm³/mol. The summed E-state index contributed by atoms with van der Waals surface area (Å²) in [5, 5.41) is 10.9. The average molecular weight is 220 g/mol. The predicted octanol–water partition coefficient (Wildman–Crippen LogP) is 3.23. The summed E-state index contributed by atoms with van der Waals surface area (Å²) >= 11 is 0. The van der Waals surface area contributed by atoms with E-state index in [0.717, 1.165) is 16.7 Å². The van der Waals surface area contributed by atoms with Crippen LogP contribution in [0.4, 0.5) is 0 Å². The van der Waals surface area contributed by atoms with Crippen LogP contribution >= 0.6 is 0 Å². The summed E-state index contributed by atoms with van der Waals surface area (Å²) in [6.45, 7) is 5.74. The van der Waals surface area contributed by atoms with E-state index in [9.17, 15) is 10.1 Å². The molecule has 1 atom stereocenters. The van der Waals surface area contributed by atoms with E-state index in [4.69, 9.17) is 0 Å². The summed E-state index contributed by atoms with van der Waals surface area (Å²) in [6, 6.07) is 1.08. The van der Waals surface area contributed by atoms with Crippen molar-refractivity contribution in [3.05, 3.63) is 45.3 Å². The molecule has 0 amide bonds. The fourth-order valence-corrected chi connectivity index (χ4v) is 1.64. The van der Waals surface area contributed by atoms with E-state index < -0.39 is 6.04 Å². The van der Waals surface area contributed by atoms with Crippen LogP contribution in [0.5, 0.6) is 0 Å². The van der Waals surface area contributed by atoms with Gasteiger partial charge in [0.15, 0.2) is 0 Å². The lowest BCUT2D eigenvalue weighted by Crippen LogP contribution is -2.10. The number of pyridine rings is 1. The van der Waals surface area contributed by atoms with Gasteiger partial charge >= 0.3 is 0 Å². The molecule has 0 N–H and O–H groups in total. The van der Waals surface area contributed by atoms with Crippen LogP contribution in [0.15, 0.2) is 24.0 Å². The van der Waals surface area contributed by atoms with Crippen LogP contribution < -0.4 is 0 Å². The van der Waals surface area contributed by atoms with Crippen molar-refractivity contribution in [3.63, 3.8) is 0 Å². The second kappa shape index (κ2) is 5.39. The Bertz CT molecular complexity index is 409. The molecule has 0 aliphatic rings. The zero-order chi connectivity index (χ0) is 12.1. The van der Waals surface area contributed by atoms with Gasteiger partial charge in [0, 0.05) is 34.9 Å². The van der Waals surface area contributed by atoms with E-state index >= 15 is 0 Å². The van der Waals surface area contributed by atoms with Crippen molar-refractivity contribution in [2.45, 2.75) is 33.2 Å². The Hall–Kier alpha value is -1.71. The molecule has 1 rings (SSSR count). The molecule has 16 heavy (non-hydrogen) atoms. The number of hydrogen-bond donors (Lipinski definition) is 0. The van der Waals surface area contributed by atoms with Crippen LogP contribution in [-0.2, 0) is 0 Å². The molecule has 0 saturated heterocycles. The van der Waals surface area contributed by atoms with Crippen molar-refractivity contribution >= 4 is 6.08 Å². The van der Waals surface area contributed by atoms with Gasteiger partial charge in [-0.05, 0) is 19.9 Å². The first-order chi connectivity index (χ1) is 7.56. The van der Waals surface area contributed by atoms with Crippen molar-refractivity contribution in [3.8, 4) is 0 Å². The highest BCUT2D eigenvalue weighted by atomic mass is 16.6. The minimum Gasteiger partial charge on any atom is -0.264 e. The highest BCUT2D eigenvalue weighted by Crippen LogP contribution is 2.24. The zero-order valence-corrected chi connectivity index (χ0v) is 9.80. The average Bonchev–Trinajstić information content (AvgIpc) is 2.20. The third-order valence-corrected chi connectivity index (χ3v) is 2.33. The molecule has 0 aliphatic heterocycles. The molecular weight excluding hydrogens is 204 g/mol. The lowest BCUT2D eigenvalue weighted by molar-refractivity contribution is -0.529. The largest absolute Gasteiger partial charge is 0.264 e. The molecule has 1 aromatic heterocycles. The van der Waals surface area contributed by atoms with Gasteiger partial charge in [0.2, 0.25) is 6.04 Å². The number of nitro groups is 1. The van der Waals surface area contributed by atoms with Gasteiger partial charge < -0.3 is 0 Å².